The van der Waals surface area contributed by atoms with Crippen molar-refractivity contribution in [1.82, 2.24) is 9.78 Å². The van der Waals surface area contributed by atoms with Gasteiger partial charge in [-0.05, 0) is 47.7 Å². The largest absolute Gasteiger partial charge is 0.573 e. The number of fused-ring (bicyclic) bond motifs is 1. The van der Waals surface area contributed by atoms with Crippen LogP contribution in [0, 0.1) is 0 Å². The number of anilines is 1. The summed E-state index contributed by atoms with van der Waals surface area (Å²) < 4.78 is 43.5. The van der Waals surface area contributed by atoms with E-state index < -0.39 is 12.3 Å². The van der Waals surface area contributed by atoms with Crippen LogP contribution in [0.1, 0.15) is 40.7 Å². The molecule has 2 aromatic heterocycles. The number of carbonyl (C=O) groups is 1. The van der Waals surface area contributed by atoms with Crippen molar-refractivity contribution in [3.63, 3.8) is 0 Å². The highest BCUT2D eigenvalue weighted by Crippen LogP contribution is 2.47. The van der Waals surface area contributed by atoms with Gasteiger partial charge in [0.05, 0.1) is 11.3 Å². The van der Waals surface area contributed by atoms with Crippen LogP contribution in [-0.2, 0) is 4.79 Å². The number of carbonyl (C=O) groups excluding carboxylic acids is 1. The lowest BCUT2D eigenvalue weighted by Crippen LogP contribution is -2.31. The maximum absolute atomic E-state index is 13.7. The van der Waals surface area contributed by atoms with E-state index in [0.717, 1.165) is 4.88 Å². The second-order valence-electron chi connectivity index (χ2n) is 8.99. The molecule has 4 aromatic rings. The fourth-order valence-corrected chi connectivity index (χ4v) is 6.00. The van der Waals surface area contributed by atoms with Gasteiger partial charge in [-0.3, -0.25) is 14.7 Å². The molecule has 2 aliphatic rings. The monoisotopic (exact) mass is 523 g/mol. The molecule has 0 spiro atoms. The van der Waals surface area contributed by atoms with Crippen LogP contribution < -0.4 is 15.6 Å². The van der Waals surface area contributed by atoms with Gasteiger partial charge < -0.3 is 10.1 Å². The Hall–Kier alpha value is -4.05. The summed E-state index contributed by atoms with van der Waals surface area (Å²) in [6.07, 6.45) is -3.95. The zero-order chi connectivity index (χ0) is 25.7. The van der Waals surface area contributed by atoms with Gasteiger partial charge in [0, 0.05) is 34.4 Å². The van der Waals surface area contributed by atoms with Crippen LogP contribution in [0.3, 0.4) is 0 Å². The normalized spacial score (nSPS) is 19.3. The molecule has 6 rings (SSSR count). The third-order valence-corrected chi connectivity index (χ3v) is 7.73. The number of Topliss-reactive ketones (excluding diaryl/α,β-unsaturated/α-hetero) is 1. The number of aromatic nitrogens is 2. The van der Waals surface area contributed by atoms with E-state index in [1.165, 1.54) is 28.9 Å². The third kappa shape index (κ3) is 4.27. The summed E-state index contributed by atoms with van der Waals surface area (Å²) in [5, 5.41) is 8.42. The molecule has 10 heteroatoms. The molecule has 3 heterocycles. The molecule has 1 aliphatic heterocycles. The molecule has 37 heavy (non-hydrogen) atoms. The highest BCUT2D eigenvalue weighted by molar-refractivity contribution is 7.10. The van der Waals surface area contributed by atoms with E-state index in [9.17, 15) is 22.8 Å². The lowest BCUT2D eigenvalue weighted by molar-refractivity contribution is -0.274. The molecule has 0 fully saturated rings. The fourth-order valence-electron chi connectivity index (χ4n) is 5.17. The first-order valence-corrected chi connectivity index (χ1v) is 12.5. The standard InChI is InChI=1S/C27H20F3N3O3S/c28-27(29,30)36-18-10-8-15(9-11-18)22-23-19(13-16(14-20(23)34)21-7-4-12-37-21)31-25-24(22)26(35)33(32-25)17-5-2-1-3-6-17/h1-12,16,22,31-32H,13-14H2/t16-,22-/m0/s1. The lowest BCUT2D eigenvalue weighted by Gasteiger charge is -2.34. The second kappa shape index (κ2) is 8.81. The van der Waals surface area contributed by atoms with Gasteiger partial charge in [0.1, 0.15) is 11.6 Å². The van der Waals surface area contributed by atoms with E-state index in [4.69, 9.17) is 0 Å². The lowest BCUT2D eigenvalue weighted by atomic mass is 9.74. The van der Waals surface area contributed by atoms with Gasteiger partial charge in [0.15, 0.2) is 5.78 Å². The quantitative estimate of drug-likeness (QED) is 0.340. The summed E-state index contributed by atoms with van der Waals surface area (Å²) in [5.74, 6) is -0.732. The Bertz CT molecular complexity index is 1550. The summed E-state index contributed by atoms with van der Waals surface area (Å²) in [4.78, 5) is 28.4. The van der Waals surface area contributed by atoms with Crippen LogP contribution in [-0.4, -0.2) is 21.9 Å². The summed E-state index contributed by atoms with van der Waals surface area (Å²) in [5.41, 5.74) is 2.34. The highest BCUT2D eigenvalue weighted by Gasteiger charge is 2.41. The van der Waals surface area contributed by atoms with Crippen LogP contribution in [0.15, 0.2) is 88.2 Å². The average molecular weight is 524 g/mol. The topological polar surface area (TPSA) is 76.1 Å². The number of allylic oxidation sites excluding steroid dienone is 2. The Morgan fingerprint density at radius 1 is 0.946 bits per heavy atom. The van der Waals surface area contributed by atoms with Crippen LogP contribution in [0.2, 0.25) is 0 Å². The summed E-state index contributed by atoms with van der Waals surface area (Å²) in [6, 6.07) is 18.3. The Morgan fingerprint density at radius 3 is 2.38 bits per heavy atom. The van der Waals surface area contributed by atoms with Crippen molar-refractivity contribution in [2.75, 3.05) is 5.32 Å². The van der Waals surface area contributed by atoms with Crippen LogP contribution in [0.5, 0.6) is 5.75 Å². The minimum absolute atomic E-state index is 0.00597. The number of rotatable bonds is 4. The number of alkyl halides is 3. The van der Waals surface area contributed by atoms with E-state index in [-0.39, 0.29) is 23.0 Å². The number of nitrogens with zero attached hydrogens (tertiary/aromatic N) is 1. The fraction of sp³-hybridized carbons (Fsp3) is 0.185. The van der Waals surface area contributed by atoms with E-state index in [1.807, 2.05) is 35.7 Å². The molecular formula is C27H20F3N3O3S. The predicted octanol–water partition coefficient (Wildman–Crippen LogP) is 6.08. The number of benzene rings is 2. The zero-order valence-corrected chi connectivity index (χ0v) is 20.0. The van der Waals surface area contributed by atoms with Crippen molar-refractivity contribution in [1.29, 1.82) is 0 Å². The van der Waals surface area contributed by atoms with Gasteiger partial charge in [0.2, 0.25) is 0 Å². The number of thiophene rings is 1. The number of halogens is 3. The first-order chi connectivity index (χ1) is 17.8. The predicted molar refractivity (Wildman–Crippen MR) is 133 cm³/mol. The first kappa shape index (κ1) is 23.4. The molecule has 188 valence electrons. The number of nitrogens with one attached hydrogen (secondary N) is 2. The van der Waals surface area contributed by atoms with Crippen molar-refractivity contribution >= 4 is 22.9 Å². The molecule has 0 radical (unpaired) electrons. The Labute approximate surface area is 213 Å². The third-order valence-electron chi connectivity index (χ3n) is 6.69. The molecule has 2 N–H and O–H groups in total. The van der Waals surface area contributed by atoms with Crippen molar-refractivity contribution in [3.8, 4) is 11.4 Å². The van der Waals surface area contributed by atoms with Gasteiger partial charge in [-0.25, -0.2) is 4.68 Å². The molecule has 0 saturated heterocycles. The minimum atomic E-state index is -4.82. The van der Waals surface area contributed by atoms with E-state index in [1.54, 1.807) is 23.5 Å². The smallest absolute Gasteiger partial charge is 0.406 e. The number of H-pyrrole nitrogens is 1. The summed E-state index contributed by atoms with van der Waals surface area (Å²) in [6.45, 7) is 0. The molecule has 6 nitrogen and oxygen atoms in total. The molecule has 0 saturated carbocycles. The van der Waals surface area contributed by atoms with Crippen molar-refractivity contribution in [2.45, 2.75) is 31.0 Å². The number of aromatic amines is 1. The highest BCUT2D eigenvalue weighted by atomic mass is 32.1. The number of ketones is 1. The first-order valence-electron chi connectivity index (χ1n) is 11.6. The van der Waals surface area contributed by atoms with Crippen molar-refractivity contribution in [3.05, 3.63) is 110 Å². The summed E-state index contributed by atoms with van der Waals surface area (Å²) in [7, 11) is 0. The number of para-hydroxylation sites is 1. The van der Waals surface area contributed by atoms with E-state index in [2.05, 4.69) is 15.2 Å². The molecule has 0 amide bonds. The number of hydrogen-bond acceptors (Lipinski definition) is 5. The van der Waals surface area contributed by atoms with Crippen molar-refractivity contribution < 1.29 is 22.7 Å². The maximum Gasteiger partial charge on any atom is 0.573 e. The van der Waals surface area contributed by atoms with Gasteiger partial charge >= 0.3 is 6.36 Å². The van der Waals surface area contributed by atoms with Gasteiger partial charge in [-0.15, -0.1) is 24.5 Å². The number of ether oxygens (including phenoxy) is 1. The van der Waals surface area contributed by atoms with Crippen LogP contribution >= 0.6 is 11.3 Å². The zero-order valence-electron chi connectivity index (χ0n) is 19.2. The van der Waals surface area contributed by atoms with Crippen LogP contribution in [0.4, 0.5) is 19.0 Å². The van der Waals surface area contributed by atoms with Gasteiger partial charge in [-0.1, -0.05) is 36.4 Å². The second-order valence-corrected chi connectivity index (χ2v) is 9.97. The molecule has 2 aromatic carbocycles. The average Bonchev–Trinajstić information content (AvgIpc) is 3.52. The van der Waals surface area contributed by atoms with Gasteiger partial charge in [-0.2, -0.15) is 0 Å². The van der Waals surface area contributed by atoms with Gasteiger partial charge in [0.25, 0.3) is 5.56 Å². The Balaban J connectivity index is 1.48. The van der Waals surface area contributed by atoms with Crippen molar-refractivity contribution in [2.24, 2.45) is 0 Å². The Morgan fingerprint density at radius 2 is 1.70 bits per heavy atom. The maximum atomic E-state index is 13.7. The SMILES string of the molecule is O=C1C[C@@H](c2cccs2)CC2=C1[C@H](c1ccc(OC(F)(F)F)cc1)c1c([nH]n(-c3ccccc3)c1=O)N2. The Kier molecular flexibility index (Phi) is 5.56. The van der Waals surface area contributed by atoms with Crippen LogP contribution in [0.25, 0.3) is 5.69 Å². The molecule has 0 bridgehead atoms. The molecule has 1 aliphatic carbocycles. The molecular weight excluding hydrogens is 503 g/mol. The number of hydrogen-bond donors (Lipinski definition) is 2. The molecule has 0 unspecified atom stereocenters. The van der Waals surface area contributed by atoms with E-state index in [0.29, 0.717) is 46.7 Å². The molecule has 2 atom stereocenters. The summed E-state index contributed by atoms with van der Waals surface area (Å²) >= 11 is 1.59. The minimum Gasteiger partial charge on any atom is -0.406 e. The van der Waals surface area contributed by atoms with E-state index >= 15 is 0 Å².